The Morgan fingerprint density at radius 3 is 2.58 bits per heavy atom. The van der Waals surface area contributed by atoms with Gasteiger partial charge in [0.2, 0.25) is 0 Å². The Kier molecular flexibility index (Phi) is 5.12. The van der Waals surface area contributed by atoms with Gasteiger partial charge in [0.25, 0.3) is 0 Å². The molecule has 0 saturated heterocycles. The van der Waals surface area contributed by atoms with Crippen LogP contribution in [0.4, 0.5) is 0 Å². The molecule has 0 radical (unpaired) electrons. The first-order valence-electron chi connectivity index (χ1n) is 5.97. The highest BCUT2D eigenvalue weighted by Crippen LogP contribution is 2.34. The first-order chi connectivity index (χ1) is 9.02. The van der Waals surface area contributed by atoms with Gasteiger partial charge >= 0.3 is 0 Å². The molecule has 0 aliphatic carbocycles. The highest BCUT2D eigenvalue weighted by molar-refractivity contribution is 9.11. The quantitative estimate of drug-likeness (QED) is 0.727. The summed E-state index contributed by atoms with van der Waals surface area (Å²) in [6, 6.07) is 7.83. The summed E-state index contributed by atoms with van der Waals surface area (Å²) in [6.07, 6.45) is 0. The van der Waals surface area contributed by atoms with Crippen LogP contribution in [0.5, 0.6) is 0 Å². The van der Waals surface area contributed by atoms with Gasteiger partial charge in [-0.15, -0.1) is 0 Å². The van der Waals surface area contributed by atoms with E-state index in [2.05, 4.69) is 63.2 Å². The Labute approximate surface area is 134 Å². The third kappa shape index (κ3) is 3.43. The summed E-state index contributed by atoms with van der Waals surface area (Å²) in [5.41, 5.74) is 2.30. The predicted molar refractivity (Wildman–Crippen MR) is 85.8 cm³/mol. The maximum atomic E-state index is 5.87. The van der Waals surface area contributed by atoms with Gasteiger partial charge in [-0.3, -0.25) is 0 Å². The van der Waals surface area contributed by atoms with E-state index in [1.165, 1.54) is 5.56 Å². The summed E-state index contributed by atoms with van der Waals surface area (Å²) in [5.74, 6) is 0.809. The molecule has 1 atom stereocenters. The van der Waals surface area contributed by atoms with E-state index in [4.69, 9.17) is 16.0 Å². The number of hydrogen-bond donors (Lipinski definition) is 1. The van der Waals surface area contributed by atoms with Crippen molar-refractivity contribution in [2.24, 2.45) is 0 Å². The Balaban J connectivity index is 2.47. The summed E-state index contributed by atoms with van der Waals surface area (Å²) < 4.78 is 7.67. The Morgan fingerprint density at radius 1 is 1.26 bits per heavy atom. The molecule has 2 nitrogen and oxygen atoms in total. The van der Waals surface area contributed by atoms with Gasteiger partial charge < -0.3 is 9.73 Å². The molecule has 1 aromatic carbocycles. The number of furan rings is 1. The van der Waals surface area contributed by atoms with E-state index in [1.807, 2.05) is 6.07 Å². The van der Waals surface area contributed by atoms with E-state index in [-0.39, 0.29) is 6.04 Å². The minimum atomic E-state index is -0.0243. The predicted octanol–water partition coefficient (Wildman–Crippen LogP) is 5.47. The van der Waals surface area contributed by atoms with Crippen molar-refractivity contribution in [3.63, 3.8) is 0 Å². The molecule has 0 saturated carbocycles. The number of rotatable bonds is 4. The van der Waals surface area contributed by atoms with E-state index >= 15 is 0 Å². The summed E-state index contributed by atoms with van der Waals surface area (Å²) in [4.78, 5) is 0. The van der Waals surface area contributed by atoms with Gasteiger partial charge in [-0.1, -0.05) is 38.8 Å². The van der Waals surface area contributed by atoms with Crippen LogP contribution >= 0.6 is 43.5 Å². The molecule has 19 heavy (non-hydrogen) atoms. The molecule has 0 fully saturated rings. The lowest BCUT2D eigenvalue weighted by Gasteiger charge is -2.18. The van der Waals surface area contributed by atoms with E-state index in [0.29, 0.717) is 5.22 Å². The van der Waals surface area contributed by atoms with E-state index < -0.39 is 0 Å². The van der Waals surface area contributed by atoms with Crippen molar-refractivity contribution in [1.82, 2.24) is 5.32 Å². The molecule has 0 spiro atoms. The Hall–Kier alpha value is -0.290. The van der Waals surface area contributed by atoms with Crippen molar-refractivity contribution >= 4 is 43.5 Å². The maximum absolute atomic E-state index is 5.87. The van der Waals surface area contributed by atoms with Crippen LogP contribution in [0.25, 0.3) is 0 Å². The van der Waals surface area contributed by atoms with E-state index in [0.717, 1.165) is 26.8 Å². The third-order valence-corrected chi connectivity index (χ3v) is 4.62. The number of benzene rings is 1. The first-order valence-corrected chi connectivity index (χ1v) is 7.93. The molecule has 0 amide bonds. The van der Waals surface area contributed by atoms with Gasteiger partial charge in [0.15, 0.2) is 5.22 Å². The second-order valence-electron chi connectivity index (χ2n) is 4.26. The molecule has 2 rings (SSSR count). The van der Waals surface area contributed by atoms with Gasteiger partial charge in [0.05, 0.1) is 6.04 Å². The fraction of sp³-hybridized carbons (Fsp3) is 0.286. The smallest absolute Gasteiger partial charge is 0.193 e. The van der Waals surface area contributed by atoms with Gasteiger partial charge in [0, 0.05) is 8.95 Å². The van der Waals surface area contributed by atoms with Crippen LogP contribution in [0.3, 0.4) is 0 Å². The van der Waals surface area contributed by atoms with Crippen LogP contribution in [0.15, 0.2) is 37.6 Å². The minimum absolute atomic E-state index is 0.0243. The lowest BCUT2D eigenvalue weighted by molar-refractivity contribution is 0.452. The fourth-order valence-corrected chi connectivity index (χ4v) is 3.13. The molecular formula is C14H14Br2ClNO. The molecular weight excluding hydrogens is 393 g/mol. The first kappa shape index (κ1) is 15.1. The van der Waals surface area contributed by atoms with Crippen LogP contribution in [0.2, 0.25) is 5.22 Å². The van der Waals surface area contributed by atoms with Crippen molar-refractivity contribution in [3.05, 3.63) is 55.3 Å². The van der Waals surface area contributed by atoms with Crippen LogP contribution in [0.1, 0.15) is 29.9 Å². The lowest BCUT2D eigenvalue weighted by atomic mass is 10.0. The zero-order valence-electron chi connectivity index (χ0n) is 10.6. The molecule has 0 aliphatic heterocycles. The van der Waals surface area contributed by atoms with E-state index in [1.54, 1.807) is 6.07 Å². The fourth-order valence-electron chi connectivity index (χ4n) is 1.93. The number of nitrogens with one attached hydrogen (secondary N) is 1. The van der Waals surface area contributed by atoms with Crippen LogP contribution in [-0.2, 0) is 0 Å². The summed E-state index contributed by atoms with van der Waals surface area (Å²) in [6.45, 7) is 4.96. The highest BCUT2D eigenvalue weighted by Gasteiger charge is 2.20. The summed E-state index contributed by atoms with van der Waals surface area (Å²) in [5, 5.41) is 3.82. The highest BCUT2D eigenvalue weighted by atomic mass is 79.9. The standard InChI is InChI=1S/C14H14Br2ClNO/c1-3-18-14(12-4-5-13(17)19-12)9-7-10(15)8(2)6-11(9)16/h4-7,14,18H,3H2,1-2H3. The van der Waals surface area contributed by atoms with Crippen molar-refractivity contribution in [3.8, 4) is 0 Å². The molecule has 0 aliphatic rings. The average molecular weight is 408 g/mol. The third-order valence-electron chi connectivity index (χ3n) is 2.88. The SMILES string of the molecule is CCNC(c1ccc(Cl)o1)c1cc(Br)c(C)cc1Br. The monoisotopic (exact) mass is 405 g/mol. The van der Waals surface area contributed by atoms with Gasteiger partial charge in [-0.2, -0.15) is 0 Å². The van der Waals surface area contributed by atoms with E-state index in [9.17, 15) is 0 Å². The Bertz CT molecular complexity index is 583. The van der Waals surface area contributed by atoms with Crippen molar-refractivity contribution in [2.75, 3.05) is 6.54 Å². The molecule has 1 heterocycles. The average Bonchev–Trinajstić information content (AvgIpc) is 2.78. The second kappa shape index (κ2) is 6.44. The lowest BCUT2D eigenvalue weighted by Crippen LogP contribution is -2.22. The maximum Gasteiger partial charge on any atom is 0.193 e. The molecule has 1 aromatic heterocycles. The summed E-state index contributed by atoms with van der Waals surface area (Å²) >= 11 is 13.1. The van der Waals surface area contributed by atoms with Crippen molar-refractivity contribution < 1.29 is 4.42 Å². The molecule has 102 valence electrons. The topological polar surface area (TPSA) is 25.2 Å². The van der Waals surface area contributed by atoms with Crippen LogP contribution in [0, 0.1) is 6.92 Å². The molecule has 2 aromatic rings. The van der Waals surface area contributed by atoms with Gasteiger partial charge in [-0.25, -0.2) is 0 Å². The van der Waals surface area contributed by atoms with Gasteiger partial charge in [0.1, 0.15) is 5.76 Å². The number of aryl methyl sites for hydroxylation is 1. The van der Waals surface area contributed by atoms with Crippen LogP contribution < -0.4 is 5.32 Å². The normalized spacial score (nSPS) is 12.7. The largest absolute Gasteiger partial charge is 0.448 e. The molecule has 1 N–H and O–H groups in total. The molecule has 0 bridgehead atoms. The second-order valence-corrected chi connectivity index (χ2v) is 6.34. The molecule has 5 heteroatoms. The zero-order valence-corrected chi connectivity index (χ0v) is 14.6. The van der Waals surface area contributed by atoms with Crippen LogP contribution in [-0.4, -0.2) is 6.54 Å². The summed E-state index contributed by atoms with van der Waals surface area (Å²) in [7, 11) is 0. The van der Waals surface area contributed by atoms with Crippen molar-refractivity contribution in [1.29, 1.82) is 0 Å². The number of hydrogen-bond acceptors (Lipinski definition) is 2. The minimum Gasteiger partial charge on any atom is -0.448 e. The zero-order chi connectivity index (χ0) is 14.0. The Morgan fingerprint density at radius 2 is 2.00 bits per heavy atom. The molecule has 1 unspecified atom stereocenters. The van der Waals surface area contributed by atoms with Gasteiger partial charge in [-0.05, 0) is 60.5 Å². The van der Waals surface area contributed by atoms with Crippen molar-refractivity contribution in [2.45, 2.75) is 19.9 Å². The number of halogens is 3.